The average molecular weight is 337 g/mol. The fraction of sp³-hybridized carbons (Fsp3) is 0.615. The molecule has 0 bridgehead atoms. The molecule has 1 aromatic rings. The Morgan fingerprint density at radius 2 is 1.95 bits per heavy atom. The van der Waals surface area contributed by atoms with Gasteiger partial charge in [-0.3, -0.25) is 4.98 Å². The molecule has 1 heterocycles. The van der Waals surface area contributed by atoms with E-state index in [-0.39, 0.29) is 10.9 Å². The molecule has 0 radical (unpaired) electrons. The number of sulfonamides is 1. The van der Waals surface area contributed by atoms with E-state index in [0.717, 1.165) is 18.7 Å². The summed E-state index contributed by atoms with van der Waals surface area (Å²) in [5, 5.41) is 0. The minimum Gasteiger partial charge on any atom is -0.306 e. The lowest BCUT2D eigenvalue weighted by atomic mass is 10.2. The number of alkyl halides is 3. The van der Waals surface area contributed by atoms with E-state index in [1.54, 1.807) is 0 Å². The topological polar surface area (TPSA) is 62.3 Å². The summed E-state index contributed by atoms with van der Waals surface area (Å²) in [5.74, 6) is 0. The highest BCUT2D eigenvalue weighted by molar-refractivity contribution is 7.89. The lowest BCUT2D eigenvalue weighted by molar-refractivity contribution is -0.141. The van der Waals surface area contributed by atoms with E-state index in [2.05, 4.69) is 9.71 Å². The minimum atomic E-state index is -4.58. The van der Waals surface area contributed by atoms with Crippen molar-refractivity contribution < 1.29 is 21.6 Å². The minimum absolute atomic E-state index is 0.209. The molecule has 0 spiro atoms. The van der Waals surface area contributed by atoms with Gasteiger partial charge in [0, 0.05) is 18.3 Å². The van der Waals surface area contributed by atoms with Crippen molar-refractivity contribution in [1.29, 1.82) is 0 Å². The highest BCUT2D eigenvalue weighted by atomic mass is 32.2. The van der Waals surface area contributed by atoms with E-state index >= 15 is 0 Å². The van der Waals surface area contributed by atoms with Crippen LogP contribution in [0, 0.1) is 0 Å². The summed E-state index contributed by atoms with van der Waals surface area (Å²) >= 11 is 0. The summed E-state index contributed by atoms with van der Waals surface area (Å²) in [7, 11) is 0.0103. The molecule has 5 nitrogen and oxygen atoms in total. The standard InChI is InChI=1S/C13H18F3N3O2S/c1-19(2)10-4-3-9(7-10)18-22(20,21)11-5-6-12(17-8-11)13(14,15)16/h5-6,8-10,18H,3-4,7H2,1-2H3/t9-,10-/m0/s1. The number of aromatic nitrogens is 1. The number of hydrogen-bond donors (Lipinski definition) is 1. The zero-order valence-corrected chi connectivity index (χ0v) is 13.1. The number of nitrogens with zero attached hydrogens (tertiary/aromatic N) is 2. The predicted octanol–water partition coefficient (Wildman–Crippen LogP) is 1.86. The van der Waals surface area contributed by atoms with Crippen molar-refractivity contribution in [2.75, 3.05) is 14.1 Å². The number of rotatable bonds is 4. The second kappa shape index (κ2) is 6.13. The molecule has 0 aromatic carbocycles. The zero-order chi connectivity index (χ0) is 16.5. The van der Waals surface area contributed by atoms with Crippen LogP contribution in [-0.4, -0.2) is 44.5 Å². The van der Waals surface area contributed by atoms with Gasteiger partial charge in [-0.05, 0) is 45.5 Å². The molecule has 1 N–H and O–H groups in total. The smallest absolute Gasteiger partial charge is 0.306 e. The second-order valence-electron chi connectivity index (χ2n) is 5.63. The Balaban J connectivity index is 2.08. The van der Waals surface area contributed by atoms with Gasteiger partial charge in [0.2, 0.25) is 10.0 Å². The quantitative estimate of drug-likeness (QED) is 0.911. The van der Waals surface area contributed by atoms with Gasteiger partial charge in [-0.2, -0.15) is 13.2 Å². The van der Waals surface area contributed by atoms with Crippen LogP contribution >= 0.6 is 0 Å². The summed E-state index contributed by atoms with van der Waals surface area (Å²) in [6.45, 7) is 0. The first-order valence-electron chi connectivity index (χ1n) is 6.81. The van der Waals surface area contributed by atoms with Crippen molar-refractivity contribution in [2.24, 2.45) is 0 Å². The maximum absolute atomic E-state index is 12.4. The molecule has 1 saturated carbocycles. The van der Waals surface area contributed by atoms with Gasteiger partial charge in [0.15, 0.2) is 0 Å². The second-order valence-corrected chi connectivity index (χ2v) is 7.34. The number of pyridine rings is 1. The fourth-order valence-electron chi connectivity index (χ4n) is 2.53. The normalized spacial score (nSPS) is 23.2. The van der Waals surface area contributed by atoms with Crippen LogP contribution in [-0.2, 0) is 16.2 Å². The largest absolute Gasteiger partial charge is 0.433 e. The van der Waals surface area contributed by atoms with Crippen LogP contribution in [0.5, 0.6) is 0 Å². The highest BCUT2D eigenvalue weighted by Gasteiger charge is 2.33. The molecular formula is C13H18F3N3O2S. The monoisotopic (exact) mass is 337 g/mol. The van der Waals surface area contributed by atoms with Crippen molar-refractivity contribution in [3.05, 3.63) is 24.0 Å². The molecule has 0 amide bonds. The van der Waals surface area contributed by atoms with Crippen molar-refractivity contribution in [2.45, 2.75) is 42.4 Å². The van der Waals surface area contributed by atoms with Gasteiger partial charge in [0.05, 0.1) is 0 Å². The van der Waals surface area contributed by atoms with Gasteiger partial charge in [-0.15, -0.1) is 0 Å². The molecule has 1 aromatic heterocycles. The molecule has 124 valence electrons. The molecule has 2 atom stereocenters. The van der Waals surface area contributed by atoms with Crippen LogP contribution in [0.4, 0.5) is 13.2 Å². The van der Waals surface area contributed by atoms with Crippen LogP contribution in [0.15, 0.2) is 23.2 Å². The Morgan fingerprint density at radius 1 is 1.27 bits per heavy atom. The van der Waals surface area contributed by atoms with Crippen LogP contribution < -0.4 is 4.72 Å². The molecular weight excluding hydrogens is 319 g/mol. The van der Waals surface area contributed by atoms with Crippen molar-refractivity contribution in [1.82, 2.24) is 14.6 Å². The van der Waals surface area contributed by atoms with Crippen LogP contribution in [0.3, 0.4) is 0 Å². The molecule has 0 unspecified atom stereocenters. The van der Waals surface area contributed by atoms with Gasteiger partial charge in [-0.25, -0.2) is 13.1 Å². The van der Waals surface area contributed by atoms with Gasteiger partial charge in [0.1, 0.15) is 10.6 Å². The van der Waals surface area contributed by atoms with E-state index < -0.39 is 21.9 Å². The number of hydrogen-bond acceptors (Lipinski definition) is 4. The van der Waals surface area contributed by atoms with Crippen LogP contribution in [0.1, 0.15) is 25.0 Å². The van der Waals surface area contributed by atoms with Crippen LogP contribution in [0.25, 0.3) is 0 Å². The van der Waals surface area contributed by atoms with E-state index in [4.69, 9.17) is 0 Å². The van der Waals surface area contributed by atoms with E-state index in [1.165, 1.54) is 0 Å². The third-order valence-corrected chi connectivity index (χ3v) is 5.30. The molecule has 1 fully saturated rings. The highest BCUT2D eigenvalue weighted by Crippen LogP contribution is 2.28. The lowest BCUT2D eigenvalue weighted by Crippen LogP contribution is -2.35. The molecule has 1 aliphatic rings. The lowest BCUT2D eigenvalue weighted by Gasteiger charge is -2.19. The van der Waals surface area contributed by atoms with Gasteiger partial charge in [-0.1, -0.05) is 0 Å². The summed E-state index contributed by atoms with van der Waals surface area (Å²) < 4.78 is 64.2. The van der Waals surface area contributed by atoms with Crippen molar-refractivity contribution in [3.63, 3.8) is 0 Å². The molecule has 0 aliphatic heterocycles. The average Bonchev–Trinajstić information content (AvgIpc) is 2.86. The maximum atomic E-state index is 12.4. The Morgan fingerprint density at radius 3 is 2.41 bits per heavy atom. The first kappa shape index (κ1) is 17.2. The zero-order valence-electron chi connectivity index (χ0n) is 12.3. The van der Waals surface area contributed by atoms with Gasteiger partial charge in [0.25, 0.3) is 0 Å². The Hall–Kier alpha value is -1.19. The maximum Gasteiger partial charge on any atom is 0.433 e. The Kier molecular flexibility index (Phi) is 4.78. The number of halogens is 3. The molecule has 2 rings (SSSR count). The van der Waals surface area contributed by atoms with E-state index in [9.17, 15) is 21.6 Å². The molecule has 22 heavy (non-hydrogen) atoms. The summed E-state index contributed by atoms with van der Waals surface area (Å²) in [5.41, 5.74) is -1.11. The van der Waals surface area contributed by atoms with Gasteiger partial charge < -0.3 is 4.90 Å². The molecule has 9 heteroatoms. The molecule has 0 saturated heterocycles. The summed E-state index contributed by atoms with van der Waals surface area (Å²) in [6, 6.07) is 1.70. The fourth-order valence-corrected chi connectivity index (χ4v) is 3.76. The van der Waals surface area contributed by atoms with Gasteiger partial charge >= 0.3 is 6.18 Å². The van der Waals surface area contributed by atoms with E-state index in [1.807, 2.05) is 19.0 Å². The third-order valence-electron chi connectivity index (χ3n) is 3.79. The first-order chi connectivity index (χ1) is 10.1. The summed E-state index contributed by atoms with van der Waals surface area (Å²) in [4.78, 5) is 4.96. The molecule has 1 aliphatic carbocycles. The van der Waals surface area contributed by atoms with E-state index in [0.29, 0.717) is 24.9 Å². The SMILES string of the molecule is CN(C)[C@H]1CC[C@H](NS(=O)(=O)c2ccc(C(F)(F)F)nc2)C1. The third kappa shape index (κ3) is 3.96. The Labute approximate surface area is 127 Å². The first-order valence-corrected chi connectivity index (χ1v) is 8.30. The Bertz CT molecular complexity index is 614. The van der Waals surface area contributed by atoms with Crippen LogP contribution in [0.2, 0.25) is 0 Å². The predicted molar refractivity (Wildman–Crippen MR) is 74.7 cm³/mol. The summed E-state index contributed by atoms with van der Waals surface area (Å²) in [6.07, 6.45) is -1.58. The van der Waals surface area contributed by atoms with Crippen molar-refractivity contribution >= 4 is 10.0 Å². The van der Waals surface area contributed by atoms with Crippen molar-refractivity contribution in [3.8, 4) is 0 Å². The number of nitrogens with one attached hydrogen (secondary N) is 1.